The number of hydrogen-bond donors (Lipinski definition) is 0. The molecule has 1 aromatic carbocycles. The lowest BCUT2D eigenvalue weighted by molar-refractivity contribution is 1.21. The fraction of sp³-hybridized carbons (Fsp3) is 0. The number of fused-ring (bicyclic) bond motifs is 3. The highest BCUT2D eigenvalue weighted by Crippen LogP contribution is 2.18. The summed E-state index contributed by atoms with van der Waals surface area (Å²) in [5, 5.41) is 0. The van der Waals surface area contributed by atoms with E-state index in [1.807, 2.05) is 28.8 Å². The summed E-state index contributed by atoms with van der Waals surface area (Å²) in [6.45, 7) is 0. The van der Waals surface area contributed by atoms with E-state index in [4.69, 9.17) is 0 Å². The van der Waals surface area contributed by atoms with Crippen molar-refractivity contribution in [1.29, 1.82) is 0 Å². The number of imidazole rings is 1. The van der Waals surface area contributed by atoms with Crippen LogP contribution in [0.2, 0.25) is 0 Å². The molecule has 68 valence electrons. The van der Waals surface area contributed by atoms with Gasteiger partial charge >= 0.3 is 0 Å². The zero-order chi connectivity index (χ0) is 9.54. The van der Waals surface area contributed by atoms with Crippen LogP contribution in [0.25, 0.3) is 16.7 Å². The number of nitrogens with zero attached hydrogens (tertiary/aromatic N) is 3. The average molecular weight is 248 g/mol. The van der Waals surface area contributed by atoms with Crippen LogP contribution < -0.4 is 0 Å². The molecule has 0 fully saturated rings. The minimum atomic E-state index is 0.871. The second-order valence-electron chi connectivity index (χ2n) is 3.05. The maximum Gasteiger partial charge on any atom is 0.155 e. The molecule has 0 atom stereocenters. The molecule has 3 nitrogen and oxygen atoms in total. The molecule has 0 radical (unpaired) electrons. The predicted molar refractivity (Wildman–Crippen MR) is 58.2 cm³/mol. The third-order valence-corrected chi connectivity index (χ3v) is 2.68. The summed E-state index contributed by atoms with van der Waals surface area (Å²) in [7, 11) is 0. The van der Waals surface area contributed by atoms with Gasteiger partial charge in [-0.15, -0.1) is 0 Å². The van der Waals surface area contributed by atoms with E-state index >= 15 is 0 Å². The summed E-state index contributed by atoms with van der Waals surface area (Å²) in [6, 6.07) is 6.01. The smallest absolute Gasteiger partial charge is 0.155 e. The molecular formula is C10H6BrN3. The first-order valence-electron chi connectivity index (χ1n) is 4.22. The van der Waals surface area contributed by atoms with Gasteiger partial charge in [0.2, 0.25) is 0 Å². The molecule has 14 heavy (non-hydrogen) atoms. The van der Waals surface area contributed by atoms with Gasteiger partial charge in [0.1, 0.15) is 0 Å². The van der Waals surface area contributed by atoms with Crippen molar-refractivity contribution in [3.05, 3.63) is 41.3 Å². The van der Waals surface area contributed by atoms with Gasteiger partial charge in [-0.3, -0.25) is 9.38 Å². The van der Waals surface area contributed by atoms with Crippen molar-refractivity contribution in [2.24, 2.45) is 0 Å². The molecule has 2 aromatic heterocycles. The van der Waals surface area contributed by atoms with Crippen LogP contribution in [-0.2, 0) is 0 Å². The van der Waals surface area contributed by atoms with Crippen LogP contribution in [0, 0.1) is 0 Å². The van der Waals surface area contributed by atoms with E-state index in [1.165, 1.54) is 0 Å². The lowest BCUT2D eigenvalue weighted by Gasteiger charge is -2.00. The van der Waals surface area contributed by atoms with Crippen molar-refractivity contribution in [1.82, 2.24) is 14.4 Å². The van der Waals surface area contributed by atoms with Crippen molar-refractivity contribution in [3.8, 4) is 0 Å². The van der Waals surface area contributed by atoms with Crippen LogP contribution in [0.4, 0.5) is 0 Å². The lowest BCUT2D eigenvalue weighted by Crippen LogP contribution is -1.89. The molecule has 0 unspecified atom stereocenters. The fourth-order valence-corrected chi connectivity index (χ4v) is 1.89. The van der Waals surface area contributed by atoms with E-state index in [-0.39, 0.29) is 0 Å². The van der Waals surface area contributed by atoms with Crippen molar-refractivity contribution < 1.29 is 0 Å². The Hall–Kier alpha value is -1.42. The zero-order valence-electron chi connectivity index (χ0n) is 7.18. The summed E-state index contributed by atoms with van der Waals surface area (Å²) in [5.74, 6) is 0. The quantitative estimate of drug-likeness (QED) is 0.612. The molecule has 2 heterocycles. The van der Waals surface area contributed by atoms with E-state index in [0.29, 0.717) is 0 Å². The number of rotatable bonds is 0. The topological polar surface area (TPSA) is 30.2 Å². The highest BCUT2D eigenvalue weighted by atomic mass is 79.9. The monoisotopic (exact) mass is 247 g/mol. The minimum Gasteiger partial charge on any atom is -0.297 e. The highest BCUT2D eigenvalue weighted by molar-refractivity contribution is 9.10. The van der Waals surface area contributed by atoms with Gasteiger partial charge in [-0.1, -0.05) is 15.9 Å². The molecule has 4 heteroatoms. The number of benzene rings is 1. The van der Waals surface area contributed by atoms with Crippen LogP contribution in [0.5, 0.6) is 0 Å². The molecule has 0 saturated heterocycles. The molecule has 3 aromatic rings. The summed E-state index contributed by atoms with van der Waals surface area (Å²) < 4.78 is 3.07. The number of hydrogen-bond acceptors (Lipinski definition) is 2. The molecule has 0 spiro atoms. The van der Waals surface area contributed by atoms with Gasteiger partial charge in [-0.05, 0) is 18.2 Å². The van der Waals surface area contributed by atoms with E-state index in [1.54, 1.807) is 12.4 Å². The largest absolute Gasteiger partial charge is 0.297 e. The highest BCUT2D eigenvalue weighted by Gasteiger charge is 2.01. The standard InChI is InChI=1S/C10H6BrN3/c11-7-1-2-8-9(5-7)14-4-3-12-10(14)6-13-8/h1-6H. The molecule has 0 aliphatic carbocycles. The van der Waals surface area contributed by atoms with E-state index in [2.05, 4.69) is 25.9 Å². The second kappa shape index (κ2) is 2.78. The summed E-state index contributed by atoms with van der Waals surface area (Å²) in [6.07, 6.45) is 5.49. The first kappa shape index (κ1) is 7.94. The normalized spacial score (nSPS) is 11.2. The van der Waals surface area contributed by atoms with Gasteiger partial charge in [0.15, 0.2) is 5.65 Å². The minimum absolute atomic E-state index is 0.871. The Morgan fingerprint density at radius 2 is 2.14 bits per heavy atom. The molecule has 0 aliphatic rings. The van der Waals surface area contributed by atoms with Gasteiger partial charge in [0.05, 0.1) is 17.2 Å². The molecule has 0 bridgehead atoms. The van der Waals surface area contributed by atoms with Crippen molar-refractivity contribution in [2.75, 3.05) is 0 Å². The SMILES string of the molecule is Brc1ccc2ncc3nccn3c2c1. The van der Waals surface area contributed by atoms with E-state index in [9.17, 15) is 0 Å². The molecule has 0 aliphatic heterocycles. The molecular weight excluding hydrogens is 242 g/mol. The molecule has 3 rings (SSSR count). The molecule has 0 amide bonds. The van der Waals surface area contributed by atoms with Gasteiger partial charge in [-0.2, -0.15) is 0 Å². The Bertz CT molecular complexity index is 615. The fourth-order valence-electron chi connectivity index (χ4n) is 1.54. The Balaban J connectivity index is 2.60. The lowest BCUT2D eigenvalue weighted by atomic mass is 10.3. The molecule has 0 saturated carbocycles. The number of aromatic nitrogens is 3. The molecule has 0 N–H and O–H groups in total. The van der Waals surface area contributed by atoms with Gasteiger partial charge in [-0.25, -0.2) is 4.98 Å². The van der Waals surface area contributed by atoms with Gasteiger partial charge in [0.25, 0.3) is 0 Å². The summed E-state index contributed by atoms with van der Waals surface area (Å²) in [5.41, 5.74) is 2.91. The van der Waals surface area contributed by atoms with Crippen LogP contribution >= 0.6 is 15.9 Å². The van der Waals surface area contributed by atoms with Crippen LogP contribution in [0.15, 0.2) is 41.3 Å². The van der Waals surface area contributed by atoms with Crippen molar-refractivity contribution in [2.45, 2.75) is 0 Å². The van der Waals surface area contributed by atoms with E-state index < -0.39 is 0 Å². The van der Waals surface area contributed by atoms with Crippen molar-refractivity contribution >= 4 is 32.6 Å². The Morgan fingerprint density at radius 1 is 1.21 bits per heavy atom. The third-order valence-electron chi connectivity index (χ3n) is 2.19. The second-order valence-corrected chi connectivity index (χ2v) is 3.96. The zero-order valence-corrected chi connectivity index (χ0v) is 8.77. The van der Waals surface area contributed by atoms with Crippen LogP contribution in [0.1, 0.15) is 0 Å². The Labute approximate surface area is 88.5 Å². The first-order chi connectivity index (χ1) is 6.84. The van der Waals surface area contributed by atoms with Crippen LogP contribution in [-0.4, -0.2) is 14.4 Å². The third kappa shape index (κ3) is 1.04. The van der Waals surface area contributed by atoms with Crippen LogP contribution in [0.3, 0.4) is 0 Å². The summed E-state index contributed by atoms with van der Waals surface area (Å²) >= 11 is 3.44. The average Bonchev–Trinajstić information content (AvgIpc) is 2.65. The number of halogens is 1. The predicted octanol–water partition coefficient (Wildman–Crippen LogP) is 2.65. The van der Waals surface area contributed by atoms with Crippen molar-refractivity contribution in [3.63, 3.8) is 0 Å². The Morgan fingerprint density at radius 3 is 3.07 bits per heavy atom. The van der Waals surface area contributed by atoms with Gasteiger partial charge < -0.3 is 0 Å². The van der Waals surface area contributed by atoms with Gasteiger partial charge in [0, 0.05) is 16.9 Å². The van der Waals surface area contributed by atoms with E-state index in [0.717, 1.165) is 21.2 Å². The summed E-state index contributed by atoms with van der Waals surface area (Å²) in [4.78, 5) is 8.50. The maximum absolute atomic E-state index is 4.32. The first-order valence-corrected chi connectivity index (χ1v) is 5.01. The Kier molecular flexibility index (Phi) is 1.58. The maximum atomic E-state index is 4.32.